The second kappa shape index (κ2) is 5.59. The van der Waals surface area contributed by atoms with Gasteiger partial charge in [-0.15, -0.1) is 0 Å². The maximum Gasteiger partial charge on any atom is 0.243 e. The molecule has 0 aliphatic heterocycles. The lowest BCUT2D eigenvalue weighted by Gasteiger charge is -2.03. The molecule has 0 unspecified atom stereocenters. The Morgan fingerprint density at radius 3 is 2.76 bits per heavy atom. The van der Waals surface area contributed by atoms with Crippen LogP contribution in [0.5, 0.6) is 0 Å². The van der Waals surface area contributed by atoms with Crippen LogP contribution in [0, 0.1) is 0 Å². The van der Waals surface area contributed by atoms with E-state index in [2.05, 4.69) is 17.1 Å². The smallest absolute Gasteiger partial charge is 0.243 e. The van der Waals surface area contributed by atoms with Crippen molar-refractivity contribution in [1.29, 1.82) is 0 Å². The molecule has 0 saturated carbocycles. The van der Waals surface area contributed by atoms with E-state index in [-0.39, 0.29) is 6.04 Å². The summed E-state index contributed by atoms with van der Waals surface area (Å²) in [5.74, 6) is 1.13. The summed E-state index contributed by atoms with van der Waals surface area (Å²) in [5, 5.41) is 3.95. The fourth-order valence-electron chi connectivity index (χ4n) is 1.64. The van der Waals surface area contributed by atoms with Crippen LogP contribution < -0.4 is 5.73 Å². The largest absolute Gasteiger partial charge is 0.337 e. The number of aromatic nitrogens is 2. The molecule has 4 heteroatoms. The predicted molar refractivity (Wildman–Crippen MR) is 66.2 cm³/mol. The van der Waals surface area contributed by atoms with Gasteiger partial charge in [-0.2, -0.15) is 4.98 Å². The Labute approximate surface area is 101 Å². The minimum atomic E-state index is -0.153. The summed E-state index contributed by atoms with van der Waals surface area (Å²) in [6.45, 7) is 2.13. The molecule has 0 amide bonds. The molecule has 90 valence electrons. The van der Waals surface area contributed by atoms with Crippen molar-refractivity contribution in [2.75, 3.05) is 0 Å². The molecule has 0 saturated heterocycles. The third-order valence-corrected chi connectivity index (χ3v) is 2.66. The van der Waals surface area contributed by atoms with E-state index in [0.29, 0.717) is 11.7 Å². The van der Waals surface area contributed by atoms with E-state index in [1.54, 1.807) is 0 Å². The molecule has 2 rings (SSSR count). The molecule has 2 aromatic rings. The first kappa shape index (κ1) is 11.8. The van der Waals surface area contributed by atoms with Crippen molar-refractivity contribution in [3.8, 4) is 11.4 Å². The first-order chi connectivity index (χ1) is 8.31. The molecule has 0 aliphatic rings. The molecule has 1 aromatic heterocycles. The second-order valence-corrected chi connectivity index (χ2v) is 4.07. The summed E-state index contributed by atoms with van der Waals surface area (Å²) in [7, 11) is 0. The van der Waals surface area contributed by atoms with Gasteiger partial charge in [0.2, 0.25) is 11.7 Å². The van der Waals surface area contributed by atoms with Crippen molar-refractivity contribution in [1.82, 2.24) is 10.1 Å². The lowest BCUT2D eigenvalue weighted by molar-refractivity contribution is 0.346. The van der Waals surface area contributed by atoms with E-state index in [1.807, 2.05) is 30.3 Å². The standard InChI is InChI=1S/C13H17N3O/c1-2-3-9-11(14)13-15-12(16-17-13)10-7-5-4-6-8-10/h4-8,11H,2-3,9,14H2,1H3/t11-/m0/s1. The van der Waals surface area contributed by atoms with Gasteiger partial charge in [-0.25, -0.2) is 0 Å². The van der Waals surface area contributed by atoms with Crippen LogP contribution in [-0.4, -0.2) is 10.1 Å². The van der Waals surface area contributed by atoms with Gasteiger partial charge in [-0.3, -0.25) is 0 Å². The number of nitrogens with two attached hydrogens (primary N) is 1. The van der Waals surface area contributed by atoms with Gasteiger partial charge in [-0.05, 0) is 6.42 Å². The molecule has 4 nitrogen and oxygen atoms in total. The number of rotatable bonds is 5. The van der Waals surface area contributed by atoms with Gasteiger partial charge in [0.15, 0.2) is 0 Å². The van der Waals surface area contributed by atoms with Crippen LogP contribution in [0.25, 0.3) is 11.4 Å². The van der Waals surface area contributed by atoms with E-state index in [1.165, 1.54) is 0 Å². The highest BCUT2D eigenvalue weighted by molar-refractivity contribution is 5.53. The highest BCUT2D eigenvalue weighted by Gasteiger charge is 2.14. The maximum atomic E-state index is 5.98. The van der Waals surface area contributed by atoms with E-state index in [9.17, 15) is 0 Å². The number of nitrogens with zero attached hydrogens (tertiary/aromatic N) is 2. The molecule has 0 spiro atoms. The summed E-state index contributed by atoms with van der Waals surface area (Å²) >= 11 is 0. The quantitative estimate of drug-likeness (QED) is 0.859. The number of hydrogen-bond acceptors (Lipinski definition) is 4. The molecule has 1 aromatic carbocycles. The summed E-state index contributed by atoms with van der Waals surface area (Å²) < 4.78 is 5.19. The van der Waals surface area contributed by atoms with Gasteiger partial charge in [0.1, 0.15) is 0 Å². The normalized spacial score (nSPS) is 12.6. The molecule has 2 N–H and O–H groups in total. The molecule has 17 heavy (non-hydrogen) atoms. The van der Waals surface area contributed by atoms with Gasteiger partial charge in [0.05, 0.1) is 6.04 Å². The van der Waals surface area contributed by atoms with Crippen LogP contribution in [0.15, 0.2) is 34.9 Å². The van der Waals surface area contributed by atoms with E-state index in [4.69, 9.17) is 10.3 Å². The maximum absolute atomic E-state index is 5.98. The molecule has 0 aliphatic carbocycles. The summed E-state index contributed by atoms with van der Waals surface area (Å²) in [6.07, 6.45) is 3.07. The Hall–Kier alpha value is -1.68. The van der Waals surface area contributed by atoms with Gasteiger partial charge in [0.25, 0.3) is 0 Å². The van der Waals surface area contributed by atoms with Gasteiger partial charge >= 0.3 is 0 Å². The molecule has 1 atom stereocenters. The molecule has 1 heterocycles. The molecule has 0 radical (unpaired) electrons. The summed E-state index contributed by atoms with van der Waals surface area (Å²) in [4.78, 5) is 4.33. The zero-order valence-corrected chi connectivity index (χ0v) is 9.97. The van der Waals surface area contributed by atoms with Crippen molar-refractivity contribution >= 4 is 0 Å². The first-order valence-corrected chi connectivity index (χ1v) is 5.96. The van der Waals surface area contributed by atoms with E-state index in [0.717, 1.165) is 24.8 Å². The SMILES string of the molecule is CCCC[C@H](N)c1nc(-c2ccccc2)no1. The minimum absolute atomic E-state index is 0.153. The van der Waals surface area contributed by atoms with Crippen molar-refractivity contribution < 1.29 is 4.52 Å². The van der Waals surface area contributed by atoms with Crippen molar-refractivity contribution in [2.45, 2.75) is 32.2 Å². The van der Waals surface area contributed by atoms with Crippen molar-refractivity contribution in [2.24, 2.45) is 5.73 Å². The molecular weight excluding hydrogens is 214 g/mol. The monoisotopic (exact) mass is 231 g/mol. The fourth-order valence-corrected chi connectivity index (χ4v) is 1.64. The van der Waals surface area contributed by atoms with Gasteiger partial charge in [0, 0.05) is 5.56 Å². The van der Waals surface area contributed by atoms with Crippen LogP contribution in [0.3, 0.4) is 0 Å². The van der Waals surface area contributed by atoms with Gasteiger partial charge in [-0.1, -0.05) is 55.3 Å². The zero-order chi connectivity index (χ0) is 12.1. The Kier molecular flexibility index (Phi) is 3.88. The Morgan fingerprint density at radius 2 is 2.06 bits per heavy atom. The van der Waals surface area contributed by atoms with Crippen LogP contribution in [0.1, 0.15) is 38.1 Å². The minimum Gasteiger partial charge on any atom is -0.337 e. The number of unbranched alkanes of at least 4 members (excludes halogenated alkanes) is 1. The van der Waals surface area contributed by atoms with E-state index < -0.39 is 0 Å². The first-order valence-electron chi connectivity index (χ1n) is 5.96. The van der Waals surface area contributed by atoms with Crippen LogP contribution in [0.2, 0.25) is 0 Å². The van der Waals surface area contributed by atoms with Crippen molar-refractivity contribution in [3.05, 3.63) is 36.2 Å². The van der Waals surface area contributed by atoms with Crippen LogP contribution in [-0.2, 0) is 0 Å². The Balaban J connectivity index is 2.11. The predicted octanol–water partition coefficient (Wildman–Crippen LogP) is 2.93. The molecule has 0 fully saturated rings. The molecule has 0 bridgehead atoms. The van der Waals surface area contributed by atoms with Gasteiger partial charge < -0.3 is 10.3 Å². The third kappa shape index (κ3) is 2.91. The fraction of sp³-hybridized carbons (Fsp3) is 0.385. The van der Waals surface area contributed by atoms with Crippen LogP contribution >= 0.6 is 0 Å². The summed E-state index contributed by atoms with van der Waals surface area (Å²) in [6, 6.07) is 9.60. The average Bonchev–Trinajstić information content (AvgIpc) is 2.86. The second-order valence-electron chi connectivity index (χ2n) is 4.07. The Bertz CT molecular complexity index is 453. The number of hydrogen-bond donors (Lipinski definition) is 1. The highest BCUT2D eigenvalue weighted by atomic mass is 16.5. The lowest BCUT2D eigenvalue weighted by Crippen LogP contribution is -2.10. The average molecular weight is 231 g/mol. The Morgan fingerprint density at radius 1 is 1.29 bits per heavy atom. The summed E-state index contributed by atoms with van der Waals surface area (Å²) in [5.41, 5.74) is 6.93. The highest BCUT2D eigenvalue weighted by Crippen LogP contribution is 2.19. The lowest BCUT2D eigenvalue weighted by atomic mass is 10.1. The number of benzene rings is 1. The van der Waals surface area contributed by atoms with Crippen molar-refractivity contribution in [3.63, 3.8) is 0 Å². The van der Waals surface area contributed by atoms with E-state index >= 15 is 0 Å². The van der Waals surface area contributed by atoms with Crippen LogP contribution in [0.4, 0.5) is 0 Å². The molecular formula is C13H17N3O. The zero-order valence-electron chi connectivity index (χ0n) is 9.97. The third-order valence-electron chi connectivity index (χ3n) is 2.66. The topological polar surface area (TPSA) is 64.9 Å².